The topological polar surface area (TPSA) is 53.4 Å². The van der Waals surface area contributed by atoms with Crippen LogP contribution in [0.3, 0.4) is 0 Å². The summed E-state index contributed by atoms with van der Waals surface area (Å²) in [6.07, 6.45) is 1.52. The van der Waals surface area contributed by atoms with Crippen LogP contribution in [0.2, 0.25) is 5.02 Å². The smallest absolute Gasteiger partial charge is 0.272 e. The third kappa shape index (κ3) is 3.52. The van der Waals surface area contributed by atoms with Crippen molar-refractivity contribution in [2.75, 3.05) is 6.54 Å². The number of hydrogen-bond donors (Lipinski definition) is 1. The summed E-state index contributed by atoms with van der Waals surface area (Å²) < 4.78 is 0. The minimum atomic E-state index is -0.184. The molecule has 0 fully saturated rings. The van der Waals surface area contributed by atoms with Crippen LogP contribution in [0.4, 0.5) is 0 Å². The summed E-state index contributed by atoms with van der Waals surface area (Å²) in [5.41, 5.74) is 1.18. The molecule has 2 aromatic rings. The van der Waals surface area contributed by atoms with Gasteiger partial charge >= 0.3 is 0 Å². The molecule has 0 aliphatic rings. The molecule has 0 saturated heterocycles. The first-order valence-electron chi connectivity index (χ1n) is 6.74. The van der Waals surface area contributed by atoms with Crippen molar-refractivity contribution < 1.29 is 9.90 Å². The summed E-state index contributed by atoms with van der Waals surface area (Å²) in [5.74, 6) is -0.000393. The molecule has 1 atom stereocenters. The Labute approximate surface area is 129 Å². The number of rotatable bonds is 4. The molecule has 0 aliphatic carbocycles. The van der Waals surface area contributed by atoms with Gasteiger partial charge in [-0.2, -0.15) is 0 Å². The van der Waals surface area contributed by atoms with Gasteiger partial charge in [-0.1, -0.05) is 23.7 Å². The number of pyridine rings is 1. The summed E-state index contributed by atoms with van der Waals surface area (Å²) in [5, 5.41) is 10.1. The maximum Gasteiger partial charge on any atom is 0.272 e. The molecule has 1 heterocycles. The van der Waals surface area contributed by atoms with Gasteiger partial charge in [0.1, 0.15) is 11.4 Å². The first kappa shape index (κ1) is 15.3. The third-order valence-corrected chi connectivity index (χ3v) is 3.60. The van der Waals surface area contributed by atoms with Crippen molar-refractivity contribution in [3.8, 4) is 5.75 Å². The van der Waals surface area contributed by atoms with E-state index in [1.807, 2.05) is 19.9 Å². The van der Waals surface area contributed by atoms with E-state index in [1.54, 1.807) is 35.2 Å². The second-order valence-corrected chi connectivity index (χ2v) is 5.16. The summed E-state index contributed by atoms with van der Waals surface area (Å²) in [7, 11) is 0. The van der Waals surface area contributed by atoms with E-state index >= 15 is 0 Å². The highest BCUT2D eigenvalue weighted by atomic mass is 35.5. The molecule has 110 valence electrons. The molecule has 1 aromatic carbocycles. The molecular weight excluding hydrogens is 288 g/mol. The van der Waals surface area contributed by atoms with Gasteiger partial charge in [-0.25, -0.2) is 0 Å². The van der Waals surface area contributed by atoms with Crippen molar-refractivity contribution >= 4 is 17.5 Å². The second kappa shape index (κ2) is 6.59. The SMILES string of the molecule is CCN(C(=O)c1cc(Cl)ccn1)C(C)c1cccc(O)c1. The molecular formula is C16H17ClN2O2. The number of phenols is 1. The number of aromatic hydroxyl groups is 1. The maximum atomic E-state index is 12.6. The van der Waals surface area contributed by atoms with Crippen LogP contribution in [-0.4, -0.2) is 27.4 Å². The van der Waals surface area contributed by atoms with Gasteiger partial charge in [0.25, 0.3) is 5.91 Å². The van der Waals surface area contributed by atoms with Crippen molar-refractivity contribution in [1.82, 2.24) is 9.88 Å². The number of carbonyl (C=O) groups excluding carboxylic acids is 1. The highest BCUT2D eigenvalue weighted by molar-refractivity contribution is 6.30. The number of carbonyl (C=O) groups is 1. The summed E-state index contributed by atoms with van der Waals surface area (Å²) in [6, 6.07) is 9.92. The van der Waals surface area contributed by atoms with Gasteiger partial charge in [0, 0.05) is 17.8 Å². The zero-order valence-corrected chi connectivity index (χ0v) is 12.7. The highest BCUT2D eigenvalue weighted by Gasteiger charge is 2.22. The van der Waals surface area contributed by atoms with Crippen molar-refractivity contribution in [2.45, 2.75) is 19.9 Å². The van der Waals surface area contributed by atoms with E-state index < -0.39 is 0 Å². The predicted molar refractivity (Wildman–Crippen MR) is 82.5 cm³/mol. The normalized spacial score (nSPS) is 12.0. The van der Waals surface area contributed by atoms with E-state index in [0.29, 0.717) is 17.3 Å². The van der Waals surface area contributed by atoms with Crippen molar-refractivity contribution in [1.29, 1.82) is 0 Å². The molecule has 0 bridgehead atoms. The van der Waals surface area contributed by atoms with Gasteiger partial charge in [0.2, 0.25) is 0 Å². The Hall–Kier alpha value is -2.07. The first-order chi connectivity index (χ1) is 10.0. The minimum Gasteiger partial charge on any atom is -0.508 e. The fourth-order valence-electron chi connectivity index (χ4n) is 2.23. The molecule has 0 aliphatic heterocycles. The summed E-state index contributed by atoms with van der Waals surface area (Å²) in [6.45, 7) is 4.35. The maximum absolute atomic E-state index is 12.6. The van der Waals surface area contributed by atoms with E-state index in [-0.39, 0.29) is 17.7 Å². The number of nitrogens with zero attached hydrogens (tertiary/aromatic N) is 2. The van der Waals surface area contributed by atoms with Crippen LogP contribution in [-0.2, 0) is 0 Å². The van der Waals surface area contributed by atoms with Crippen LogP contribution < -0.4 is 0 Å². The molecule has 5 heteroatoms. The summed E-state index contributed by atoms with van der Waals surface area (Å²) in [4.78, 5) is 18.3. The zero-order valence-electron chi connectivity index (χ0n) is 12.0. The average molecular weight is 305 g/mol. The Morgan fingerprint density at radius 3 is 2.76 bits per heavy atom. The van der Waals surface area contributed by atoms with E-state index in [4.69, 9.17) is 11.6 Å². The molecule has 0 saturated carbocycles. The second-order valence-electron chi connectivity index (χ2n) is 4.72. The lowest BCUT2D eigenvalue weighted by atomic mass is 10.1. The Morgan fingerprint density at radius 1 is 1.38 bits per heavy atom. The van der Waals surface area contributed by atoms with Gasteiger partial charge in [0.15, 0.2) is 0 Å². The largest absolute Gasteiger partial charge is 0.508 e. The van der Waals surface area contributed by atoms with Crippen LogP contribution in [0.15, 0.2) is 42.6 Å². The van der Waals surface area contributed by atoms with Crippen LogP contribution >= 0.6 is 11.6 Å². The standard InChI is InChI=1S/C16H17ClN2O2/c1-3-19(11(2)12-5-4-6-14(20)9-12)16(21)15-10-13(17)7-8-18-15/h4-11,20H,3H2,1-2H3. The quantitative estimate of drug-likeness (QED) is 0.937. The van der Waals surface area contributed by atoms with E-state index in [0.717, 1.165) is 5.56 Å². The lowest BCUT2D eigenvalue weighted by Crippen LogP contribution is -2.34. The van der Waals surface area contributed by atoms with Gasteiger partial charge in [-0.05, 0) is 43.7 Å². The highest BCUT2D eigenvalue weighted by Crippen LogP contribution is 2.24. The lowest BCUT2D eigenvalue weighted by molar-refractivity contribution is 0.0696. The van der Waals surface area contributed by atoms with Crippen LogP contribution in [0.25, 0.3) is 0 Å². The van der Waals surface area contributed by atoms with Crippen molar-refractivity contribution in [3.05, 3.63) is 58.9 Å². The molecule has 21 heavy (non-hydrogen) atoms. The van der Waals surface area contributed by atoms with E-state index in [9.17, 15) is 9.90 Å². The zero-order chi connectivity index (χ0) is 15.4. The Balaban J connectivity index is 2.28. The molecule has 4 nitrogen and oxygen atoms in total. The third-order valence-electron chi connectivity index (χ3n) is 3.36. The fraction of sp³-hybridized carbons (Fsp3) is 0.250. The van der Waals surface area contributed by atoms with Gasteiger partial charge < -0.3 is 10.0 Å². The number of aromatic nitrogens is 1. The van der Waals surface area contributed by atoms with Gasteiger partial charge in [0.05, 0.1) is 6.04 Å². The lowest BCUT2D eigenvalue weighted by Gasteiger charge is -2.28. The van der Waals surface area contributed by atoms with E-state index in [2.05, 4.69) is 4.98 Å². The van der Waals surface area contributed by atoms with Crippen LogP contribution in [0.5, 0.6) is 5.75 Å². The number of phenolic OH excluding ortho intramolecular Hbond substituents is 1. The summed E-state index contributed by atoms with van der Waals surface area (Å²) >= 11 is 5.91. The van der Waals surface area contributed by atoms with Gasteiger partial charge in [-0.15, -0.1) is 0 Å². The van der Waals surface area contributed by atoms with Gasteiger partial charge in [-0.3, -0.25) is 9.78 Å². The van der Waals surface area contributed by atoms with Crippen molar-refractivity contribution in [3.63, 3.8) is 0 Å². The Kier molecular flexibility index (Phi) is 4.81. The molecule has 0 spiro atoms. The first-order valence-corrected chi connectivity index (χ1v) is 7.12. The molecule has 1 unspecified atom stereocenters. The minimum absolute atomic E-state index is 0.171. The van der Waals surface area contributed by atoms with Crippen molar-refractivity contribution in [2.24, 2.45) is 0 Å². The van der Waals surface area contributed by atoms with E-state index in [1.165, 1.54) is 6.20 Å². The van der Waals surface area contributed by atoms with Crippen LogP contribution in [0, 0.1) is 0 Å². The number of hydrogen-bond acceptors (Lipinski definition) is 3. The van der Waals surface area contributed by atoms with Crippen LogP contribution in [0.1, 0.15) is 35.9 Å². The number of halogens is 1. The predicted octanol–water partition coefficient (Wildman–Crippen LogP) is 3.66. The fourth-order valence-corrected chi connectivity index (χ4v) is 2.39. The number of benzene rings is 1. The monoisotopic (exact) mass is 304 g/mol. The molecule has 2 rings (SSSR count). The molecule has 1 aromatic heterocycles. The Morgan fingerprint density at radius 2 is 2.14 bits per heavy atom. The molecule has 1 amide bonds. The average Bonchev–Trinajstić information content (AvgIpc) is 2.47. The number of amides is 1. The Bertz CT molecular complexity index is 646. The molecule has 0 radical (unpaired) electrons. The molecule has 1 N–H and O–H groups in total.